The Bertz CT molecular complexity index is 687. The first-order valence-electron chi connectivity index (χ1n) is 7.91. The molecule has 4 rings (SSSR count). The van der Waals surface area contributed by atoms with Crippen molar-refractivity contribution in [1.29, 1.82) is 0 Å². The summed E-state index contributed by atoms with van der Waals surface area (Å²) in [6.45, 7) is 2.33. The highest BCUT2D eigenvalue weighted by molar-refractivity contribution is 8.00. The van der Waals surface area contributed by atoms with Gasteiger partial charge in [-0.05, 0) is 24.6 Å². The summed E-state index contributed by atoms with van der Waals surface area (Å²) in [6.07, 6.45) is 6.30. The lowest BCUT2D eigenvalue weighted by Crippen LogP contribution is -2.54. The zero-order valence-corrected chi connectivity index (χ0v) is 13.6. The minimum Gasteiger partial charge on any atom is -0.380 e. The van der Waals surface area contributed by atoms with Gasteiger partial charge in [0.25, 0.3) is 5.91 Å². The summed E-state index contributed by atoms with van der Waals surface area (Å²) in [5, 5.41) is 0.415. The van der Waals surface area contributed by atoms with E-state index in [1.807, 2.05) is 46.8 Å². The standard InChI is InChI=1S/C17H19N3O2S/c21-17(20-7-9-23-16-11-22-8-4-15(16)20)13-2-1-3-14(10-13)19-6-5-18-12-19/h1-3,5-6,10,12,15-16H,4,7-9,11H2. The van der Waals surface area contributed by atoms with Gasteiger partial charge >= 0.3 is 0 Å². The lowest BCUT2D eigenvalue weighted by molar-refractivity contribution is 0.0319. The Hall–Kier alpha value is -1.79. The van der Waals surface area contributed by atoms with Gasteiger partial charge in [0.05, 0.1) is 12.9 Å². The van der Waals surface area contributed by atoms with Crippen molar-refractivity contribution >= 4 is 17.7 Å². The Morgan fingerprint density at radius 3 is 3.22 bits per heavy atom. The van der Waals surface area contributed by atoms with Crippen molar-refractivity contribution in [3.05, 3.63) is 48.5 Å². The average Bonchev–Trinajstić information content (AvgIpc) is 3.15. The highest BCUT2D eigenvalue weighted by atomic mass is 32.2. The van der Waals surface area contributed by atoms with Gasteiger partial charge in [-0.3, -0.25) is 4.79 Å². The highest BCUT2D eigenvalue weighted by Crippen LogP contribution is 2.31. The molecule has 0 spiro atoms. The number of fused-ring (bicyclic) bond motifs is 1. The zero-order valence-electron chi connectivity index (χ0n) is 12.8. The SMILES string of the molecule is O=C(c1cccc(-n2ccnc2)c1)N1CCSC2COCCC21. The number of imidazole rings is 1. The Morgan fingerprint density at radius 1 is 1.39 bits per heavy atom. The van der Waals surface area contributed by atoms with Crippen molar-refractivity contribution in [2.24, 2.45) is 0 Å². The van der Waals surface area contributed by atoms with Gasteiger partial charge in [0, 0.05) is 53.8 Å². The second-order valence-electron chi connectivity index (χ2n) is 5.86. The van der Waals surface area contributed by atoms with E-state index in [2.05, 4.69) is 9.88 Å². The molecule has 1 aromatic carbocycles. The maximum atomic E-state index is 13.0. The lowest BCUT2D eigenvalue weighted by atomic mass is 10.0. The molecule has 6 heteroatoms. The molecule has 2 unspecified atom stereocenters. The first-order valence-corrected chi connectivity index (χ1v) is 8.96. The number of carbonyl (C=O) groups excluding carboxylic acids is 1. The van der Waals surface area contributed by atoms with Crippen molar-refractivity contribution in [3.8, 4) is 5.69 Å². The molecule has 3 heterocycles. The number of carbonyl (C=O) groups is 1. The van der Waals surface area contributed by atoms with E-state index < -0.39 is 0 Å². The van der Waals surface area contributed by atoms with Crippen LogP contribution in [0.3, 0.4) is 0 Å². The molecule has 120 valence electrons. The maximum absolute atomic E-state index is 13.0. The third-order valence-corrected chi connectivity index (χ3v) is 5.79. The van der Waals surface area contributed by atoms with E-state index in [-0.39, 0.29) is 5.91 Å². The third-order valence-electron chi connectivity index (χ3n) is 4.49. The van der Waals surface area contributed by atoms with E-state index >= 15 is 0 Å². The predicted octanol–water partition coefficient (Wildman–Crippen LogP) is 2.22. The summed E-state index contributed by atoms with van der Waals surface area (Å²) in [5.41, 5.74) is 1.71. The smallest absolute Gasteiger partial charge is 0.254 e. The topological polar surface area (TPSA) is 47.4 Å². The van der Waals surface area contributed by atoms with Crippen LogP contribution in [0.1, 0.15) is 16.8 Å². The van der Waals surface area contributed by atoms with Gasteiger partial charge in [0.15, 0.2) is 0 Å². The van der Waals surface area contributed by atoms with Gasteiger partial charge in [-0.1, -0.05) is 6.07 Å². The number of thioether (sulfide) groups is 1. The molecular weight excluding hydrogens is 310 g/mol. The predicted molar refractivity (Wildman–Crippen MR) is 90.1 cm³/mol. The van der Waals surface area contributed by atoms with Crippen LogP contribution in [0.2, 0.25) is 0 Å². The fourth-order valence-corrected chi connectivity index (χ4v) is 4.62. The molecule has 0 N–H and O–H groups in total. The van der Waals surface area contributed by atoms with E-state index in [9.17, 15) is 4.79 Å². The minimum absolute atomic E-state index is 0.129. The van der Waals surface area contributed by atoms with Crippen LogP contribution in [0.4, 0.5) is 0 Å². The van der Waals surface area contributed by atoms with Gasteiger partial charge in [0.2, 0.25) is 0 Å². The van der Waals surface area contributed by atoms with E-state index in [1.165, 1.54) is 0 Å². The Labute approximate surface area is 139 Å². The lowest BCUT2D eigenvalue weighted by Gasteiger charge is -2.43. The van der Waals surface area contributed by atoms with Crippen molar-refractivity contribution in [3.63, 3.8) is 0 Å². The van der Waals surface area contributed by atoms with Crippen LogP contribution in [0.15, 0.2) is 43.0 Å². The molecule has 5 nitrogen and oxygen atoms in total. The average molecular weight is 329 g/mol. The Balaban J connectivity index is 1.60. The molecule has 0 bridgehead atoms. The van der Waals surface area contributed by atoms with Crippen LogP contribution in [-0.4, -0.2) is 57.2 Å². The Kier molecular flexibility index (Phi) is 4.10. The van der Waals surface area contributed by atoms with Gasteiger partial charge in [0.1, 0.15) is 0 Å². The molecule has 2 fully saturated rings. The highest BCUT2D eigenvalue weighted by Gasteiger charge is 2.37. The molecule has 2 aliphatic heterocycles. The van der Waals surface area contributed by atoms with Crippen molar-refractivity contribution in [1.82, 2.24) is 14.5 Å². The molecule has 23 heavy (non-hydrogen) atoms. The molecule has 0 aliphatic carbocycles. The number of benzene rings is 1. The maximum Gasteiger partial charge on any atom is 0.254 e. The second kappa shape index (κ2) is 6.37. The van der Waals surface area contributed by atoms with Crippen LogP contribution in [0.25, 0.3) is 5.69 Å². The normalized spacial score (nSPS) is 24.3. The van der Waals surface area contributed by atoms with Gasteiger partial charge in [-0.25, -0.2) is 4.98 Å². The largest absolute Gasteiger partial charge is 0.380 e. The first-order chi connectivity index (χ1) is 11.3. The molecule has 1 aromatic heterocycles. The number of ether oxygens (including phenoxy) is 1. The van der Waals surface area contributed by atoms with Crippen LogP contribution in [0, 0.1) is 0 Å². The molecular formula is C17H19N3O2S. The summed E-state index contributed by atoms with van der Waals surface area (Å²) in [6, 6.07) is 8.07. The third kappa shape index (κ3) is 2.88. The summed E-state index contributed by atoms with van der Waals surface area (Å²) in [5.74, 6) is 1.11. The minimum atomic E-state index is 0.129. The van der Waals surface area contributed by atoms with Crippen molar-refractivity contribution in [2.45, 2.75) is 17.7 Å². The van der Waals surface area contributed by atoms with Crippen molar-refractivity contribution < 1.29 is 9.53 Å². The molecule has 0 radical (unpaired) electrons. The summed E-state index contributed by atoms with van der Waals surface area (Å²) in [4.78, 5) is 19.1. The van der Waals surface area contributed by atoms with Crippen LogP contribution in [-0.2, 0) is 4.74 Å². The number of nitrogens with zero attached hydrogens (tertiary/aromatic N) is 3. The quantitative estimate of drug-likeness (QED) is 0.848. The summed E-state index contributed by atoms with van der Waals surface area (Å²) < 4.78 is 7.49. The number of aromatic nitrogens is 2. The summed E-state index contributed by atoms with van der Waals surface area (Å²) in [7, 11) is 0. The monoisotopic (exact) mass is 329 g/mol. The van der Waals surface area contributed by atoms with Crippen LogP contribution < -0.4 is 0 Å². The zero-order chi connectivity index (χ0) is 15.6. The van der Waals surface area contributed by atoms with E-state index in [1.54, 1.807) is 12.5 Å². The second-order valence-corrected chi connectivity index (χ2v) is 7.21. The molecule has 2 aromatic rings. The van der Waals surface area contributed by atoms with Crippen LogP contribution >= 0.6 is 11.8 Å². The summed E-state index contributed by atoms with van der Waals surface area (Å²) >= 11 is 1.93. The Morgan fingerprint density at radius 2 is 2.35 bits per heavy atom. The number of hydrogen-bond acceptors (Lipinski definition) is 4. The van der Waals surface area contributed by atoms with Crippen LogP contribution in [0.5, 0.6) is 0 Å². The molecule has 1 amide bonds. The van der Waals surface area contributed by atoms with E-state index in [4.69, 9.17) is 4.74 Å². The van der Waals surface area contributed by atoms with Crippen molar-refractivity contribution in [2.75, 3.05) is 25.5 Å². The van der Waals surface area contributed by atoms with E-state index in [0.717, 1.165) is 43.2 Å². The first kappa shape index (κ1) is 14.8. The molecule has 2 atom stereocenters. The molecule has 0 saturated carbocycles. The van der Waals surface area contributed by atoms with E-state index in [0.29, 0.717) is 11.3 Å². The van der Waals surface area contributed by atoms with Gasteiger partial charge in [-0.2, -0.15) is 11.8 Å². The molecule has 2 aliphatic rings. The fourth-order valence-electron chi connectivity index (χ4n) is 3.31. The van der Waals surface area contributed by atoms with Gasteiger partial charge < -0.3 is 14.2 Å². The molecule has 2 saturated heterocycles. The fraction of sp³-hybridized carbons (Fsp3) is 0.412. The number of amides is 1. The number of rotatable bonds is 2. The van der Waals surface area contributed by atoms with Gasteiger partial charge in [-0.15, -0.1) is 0 Å². The number of hydrogen-bond donors (Lipinski definition) is 0.